The Labute approximate surface area is 99.1 Å². The maximum Gasteiger partial charge on any atom is 0.0837 e. The monoisotopic (exact) mass is 236 g/mol. The van der Waals surface area contributed by atoms with Crippen LogP contribution in [0.1, 0.15) is 23.0 Å². The number of rotatable bonds is 2. The van der Waals surface area contributed by atoms with Crippen LogP contribution in [0, 0.1) is 6.92 Å². The highest BCUT2D eigenvalue weighted by atomic mass is 35.5. The SMILES string of the molecule is Cc1ccc(C(N)c2c(Cl)cnn2C)cn1. The molecule has 0 amide bonds. The number of aryl methyl sites for hydroxylation is 2. The molecule has 84 valence electrons. The van der Waals surface area contributed by atoms with Crippen molar-refractivity contribution in [1.29, 1.82) is 0 Å². The Hall–Kier alpha value is -1.39. The Morgan fingerprint density at radius 1 is 1.38 bits per heavy atom. The molecule has 2 aromatic heterocycles. The van der Waals surface area contributed by atoms with Crippen LogP contribution in [0.5, 0.6) is 0 Å². The van der Waals surface area contributed by atoms with E-state index in [0.29, 0.717) is 5.02 Å². The van der Waals surface area contributed by atoms with Crippen molar-refractivity contribution in [2.24, 2.45) is 12.8 Å². The number of pyridine rings is 1. The quantitative estimate of drug-likeness (QED) is 0.866. The maximum absolute atomic E-state index is 6.13. The summed E-state index contributed by atoms with van der Waals surface area (Å²) < 4.78 is 1.69. The van der Waals surface area contributed by atoms with Crippen molar-refractivity contribution in [1.82, 2.24) is 14.8 Å². The van der Waals surface area contributed by atoms with Gasteiger partial charge in [0.05, 0.1) is 23.0 Å². The molecule has 4 nitrogen and oxygen atoms in total. The number of hydrogen-bond donors (Lipinski definition) is 1. The van der Waals surface area contributed by atoms with Gasteiger partial charge >= 0.3 is 0 Å². The molecular weight excluding hydrogens is 224 g/mol. The zero-order chi connectivity index (χ0) is 11.7. The molecular formula is C11H13ClN4. The van der Waals surface area contributed by atoms with E-state index in [4.69, 9.17) is 17.3 Å². The minimum absolute atomic E-state index is 0.298. The molecule has 2 aromatic rings. The fraction of sp³-hybridized carbons (Fsp3) is 0.273. The van der Waals surface area contributed by atoms with Crippen LogP contribution < -0.4 is 5.73 Å². The van der Waals surface area contributed by atoms with E-state index >= 15 is 0 Å². The summed E-state index contributed by atoms with van der Waals surface area (Å²) in [5, 5.41) is 4.64. The van der Waals surface area contributed by atoms with Crippen LogP contribution in [-0.4, -0.2) is 14.8 Å². The Bertz CT molecular complexity index is 470. The lowest BCUT2D eigenvalue weighted by atomic mass is 10.1. The van der Waals surface area contributed by atoms with Crippen molar-refractivity contribution < 1.29 is 0 Å². The summed E-state index contributed by atoms with van der Waals surface area (Å²) in [6.45, 7) is 1.94. The minimum atomic E-state index is -0.298. The molecule has 16 heavy (non-hydrogen) atoms. The molecule has 2 heterocycles. The lowest BCUT2D eigenvalue weighted by Crippen LogP contribution is -2.16. The van der Waals surface area contributed by atoms with E-state index in [0.717, 1.165) is 17.0 Å². The van der Waals surface area contributed by atoms with Gasteiger partial charge in [-0.1, -0.05) is 17.7 Å². The van der Waals surface area contributed by atoms with Gasteiger partial charge in [0.15, 0.2) is 0 Å². The Morgan fingerprint density at radius 3 is 2.62 bits per heavy atom. The average Bonchev–Trinajstić information content (AvgIpc) is 2.59. The largest absolute Gasteiger partial charge is 0.319 e. The van der Waals surface area contributed by atoms with Gasteiger partial charge in [-0.3, -0.25) is 9.67 Å². The topological polar surface area (TPSA) is 56.7 Å². The number of aromatic nitrogens is 3. The van der Waals surface area contributed by atoms with Crippen LogP contribution >= 0.6 is 11.6 Å². The molecule has 0 saturated carbocycles. The Morgan fingerprint density at radius 2 is 2.12 bits per heavy atom. The van der Waals surface area contributed by atoms with Crippen molar-refractivity contribution in [3.8, 4) is 0 Å². The van der Waals surface area contributed by atoms with Gasteiger partial charge in [-0.05, 0) is 18.6 Å². The van der Waals surface area contributed by atoms with E-state index in [2.05, 4.69) is 10.1 Å². The predicted octanol–water partition coefficient (Wildman–Crippen LogP) is 1.83. The first-order valence-electron chi connectivity index (χ1n) is 4.95. The van der Waals surface area contributed by atoms with E-state index in [-0.39, 0.29) is 6.04 Å². The first-order valence-corrected chi connectivity index (χ1v) is 5.33. The molecule has 0 aliphatic rings. The highest BCUT2D eigenvalue weighted by Gasteiger charge is 2.16. The van der Waals surface area contributed by atoms with E-state index in [1.165, 1.54) is 0 Å². The molecule has 2 N–H and O–H groups in total. The van der Waals surface area contributed by atoms with Gasteiger partial charge in [0.25, 0.3) is 0 Å². The van der Waals surface area contributed by atoms with Crippen LogP contribution in [0.15, 0.2) is 24.5 Å². The molecule has 0 radical (unpaired) electrons. The first kappa shape index (κ1) is 11.1. The summed E-state index contributed by atoms with van der Waals surface area (Å²) in [6, 6.07) is 3.59. The van der Waals surface area contributed by atoms with Gasteiger partial charge in [-0.15, -0.1) is 0 Å². The van der Waals surface area contributed by atoms with E-state index in [1.54, 1.807) is 17.1 Å². The number of nitrogens with two attached hydrogens (primary N) is 1. The fourth-order valence-corrected chi connectivity index (χ4v) is 1.87. The molecule has 1 unspecified atom stereocenters. The third-order valence-corrected chi connectivity index (χ3v) is 2.82. The molecule has 0 aliphatic carbocycles. The van der Waals surface area contributed by atoms with Gasteiger partial charge in [0.2, 0.25) is 0 Å². The second-order valence-corrected chi connectivity index (χ2v) is 4.12. The summed E-state index contributed by atoms with van der Waals surface area (Å²) in [7, 11) is 1.82. The van der Waals surface area contributed by atoms with E-state index in [1.807, 2.05) is 26.1 Å². The predicted molar refractivity (Wildman–Crippen MR) is 63.2 cm³/mol. The third kappa shape index (κ3) is 1.94. The van der Waals surface area contributed by atoms with Gasteiger partial charge < -0.3 is 5.73 Å². The van der Waals surface area contributed by atoms with Gasteiger partial charge in [-0.25, -0.2) is 0 Å². The summed E-state index contributed by atoms with van der Waals surface area (Å²) in [6.07, 6.45) is 3.36. The Kier molecular flexibility index (Phi) is 2.94. The van der Waals surface area contributed by atoms with Crippen LogP contribution in [0.2, 0.25) is 5.02 Å². The fourth-order valence-electron chi connectivity index (χ4n) is 1.59. The van der Waals surface area contributed by atoms with E-state index in [9.17, 15) is 0 Å². The molecule has 0 fully saturated rings. The average molecular weight is 237 g/mol. The number of hydrogen-bond acceptors (Lipinski definition) is 3. The third-order valence-electron chi connectivity index (χ3n) is 2.53. The number of halogens is 1. The van der Waals surface area contributed by atoms with Gasteiger partial charge in [0.1, 0.15) is 0 Å². The summed E-state index contributed by atoms with van der Waals surface area (Å²) in [5.41, 5.74) is 8.82. The normalized spacial score (nSPS) is 12.8. The molecule has 0 aromatic carbocycles. The van der Waals surface area contributed by atoms with Gasteiger partial charge in [0, 0.05) is 18.9 Å². The highest BCUT2D eigenvalue weighted by Crippen LogP contribution is 2.25. The molecule has 2 rings (SSSR count). The minimum Gasteiger partial charge on any atom is -0.319 e. The molecule has 0 saturated heterocycles. The molecule has 0 bridgehead atoms. The van der Waals surface area contributed by atoms with Crippen molar-refractivity contribution in [2.45, 2.75) is 13.0 Å². The highest BCUT2D eigenvalue weighted by molar-refractivity contribution is 6.31. The summed E-state index contributed by atoms with van der Waals surface area (Å²) in [5.74, 6) is 0. The first-order chi connectivity index (χ1) is 7.59. The standard InChI is InChI=1S/C11H13ClN4/c1-7-3-4-8(5-14-7)10(13)11-9(12)6-15-16(11)2/h3-6,10H,13H2,1-2H3. The van der Waals surface area contributed by atoms with Crippen LogP contribution in [0.25, 0.3) is 0 Å². The molecule has 5 heteroatoms. The Balaban J connectivity index is 2.39. The summed E-state index contributed by atoms with van der Waals surface area (Å²) >= 11 is 6.04. The lowest BCUT2D eigenvalue weighted by molar-refractivity contribution is 0.672. The zero-order valence-corrected chi connectivity index (χ0v) is 9.94. The zero-order valence-electron chi connectivity index (χ0n) is 9.18. The maximum atomic E-state index is 6.13. The molecule has 1 atom stereocenters. The van der Waals surface area contributed by atoms with Crippen LogP contribution in [0.4, 0.5) is 0 Å². The van der Waals surface area contributed by atoms with Crippen molar-refractivity contribution in [3.05, 3.63) is 46.5 Å². The van der Waals surface area contributed by atoms with Crippen molar-refractivity contribution in [3.63, 3.8) is 0 Å². The molecule has 0 spiro atoms. The molecule has 0 aliphatic heterocycles. The van der Waals surface area contributed by atoms with E-state index < -0.39 is 0 Å². The summed E-state index contributed by atoms with van der Waals surface area (Å²) in [4.78, 5) is 4.22. The van der Waals surface area contributed by atoms with Gasteiger partial charge in [-0.2, -0.15) is 5.10 Å². The van der Waals surface area contributed by atoms with Crippen molar-refractivity contribution >= 4 is 11.6 Å². The lowest BCUT2D eigenvalue weighted by Gasteiger charge is -2.12. The van der Waals surface area contributed by atoms with Crippen LogP contribution in [0.3, 0.4) is 0 Å². The smallest absolute Gasteiger partial charge is 0.0837 e. The van der Waals surface area contributed by atoms with Crippen molar-refractivity contribution in [2.75, 3.05) is 0 Å². The van der Waals surface area contributed by atoms with Crippen LogP contribution in [-0.2, 0) is 7.05 Å². The second-order valence-electron chi connectivity index (χ2n) is 3.71. The number of nitrogens with zero attached hydrogens (tertiary/aromatic N) is 3. The second kappa shape index (κ2) is 4.23.